The van der Waals surface area contributed by atoms with E-state index < -0.39 is 0 Å². The quantitative estimate of drug-likeness (QED) is 0.221. The summed E-state index contributed by atoms with van der Waals surface area (Å²) in [5, 5.41) is 12.0. The van der Waals surface area contributed by atoms with Crippen LogP contribution in [0.4, 0.5) is 11.4 Å². The van der Waals surface area contributed by atoms with E-state index in [0.29, 0.717) is 28.5 Å². The average molecular weight is 445 g/mol. The van der Waals surface area contributed by atoms with Gasteiger partial charge in [0.2, 0.25) is 5.75 Å². The van der Waals surface area contributed by atoms with Gasteiger partial charge in [0, 0.05) is 24.2 Å². The fourth-order valence-corrected chi connectivity index (χ4v) is 4.46. The minimum absolute atomic E-state index is 0.0177. The highest BCUT2D eigenvalue weighted by molar-refractivity contribution is 6.09. The Morgan fingerprint density at radius 1 is 0.970 bits per heavy atom. The van der Waals surface area contributed by atoms with Crippen LogP contribution in [0, 0.1) is 16.0 Å². The number of ether oxygens (including phenoxy) is 1. The molecule has 0 spiro atoms. The van der Waals surface area contributed by atoms with Crippen LogP contribution in [0.1, 0.15) is 48.5 Å². The van der Waals surface area contributed by atoms with E-state index in [2.05, 4.69) is 11.8 Å². The van der Waals surface area contributed by atoms with Gasteiger partial charge in [-0.1, -0.05) is 56.2 Å². The minimum atomic E-state index is -0.365. The Hall–Kier alpha value is -3.67. The molecular weight excluding hydrogens is 416 g/mol. The van der Waals surface area contributed by atoms with Crippen molar-refractivity contribution in [1.29, 1.82) is 0 Å². The van der Waals surface area contributed by atoms with Crippen LogP contribution in [-0.4, -0.2) is 23.8 Å². The second-order valence-electron chi connectivity index (χ2n) is 8.42. The number of hydrogen-bond acceptors (Lipinski definition) is 5. The first-order chi connectivity index (χ1) is 16.1. The summed E-state index contributed by atoms with van der Waals surface area (Å²) in [5.74, 6) is 1.26. The summed E-state index contributed by atoms with van der Waals surface area (Å²) in [6.07, 6.45) is 4.48. The number of piperidine rings is 1. The van der Waals surface area contributed by atoms with Gasteiger partial charge in [-0.25, -0.2) is 0 Å². The van der Waals surface area contributed by atoms with E-state index >= 15 is 0 Å². The topological polar surface area (TPSA) is 72.7 Å². The van der Waals surface area contributed by atoms with Crippen molar-refractivity contribution >= 4 is 17.2 Å². The van der Waals surface area contributed by atoms with E-state index in [0.717, 1.165) is 25.9 Å². The second-order valence-corrected chi connectivity index (χ2v) is 8.42. The normalized spacial score (nSPS) is 14.2. The van der Waals surface area contributed by atoms with Crippen molar-refractivity contribution in [3.05, 3.63) is 94.0 Å². The number of carbonyl (C=O) groups is 1. The molecule has 1 heterocycles. The summed E-state index contributed by atoms with van der Waals surface area (Å²) in [5.41, 5.74) is 1.73. The van der Waals surface area contributed by atoms with Crippen molar-refractivity contribution in [2.45, 2.75) is 32.6 Å². The first-order valence-electron chi connectivity index (χ1n) is 11.5. The number of hydrogen-bond donors (Lipinski definition) is 0. The third-order valence-electron chi connectivity index (χ3n) is 6.19. The molecule has 1 aliphatic heterocycles. The molecule has 0 N–H and O–H groups in total. The van der Waals surface area contributed by atoms with Crippen LogP contribution in [0.15, 0.2) is 72.8 Å². The van der Waals surface area contributed by atoms with Gasteiger partial charge in [-0.3, -0.25) is 14.9 Å². The molecule has 0 atom stereocenters. The lowest BCUT2D eigenvalue weighted by Crippen LogP contribution is -2.34. The smallest absolute Gasteiger partial charge is 0.334 e. The molecule has 0 bridgehead atoms. The fraction of sp³-hybridized carbons (Fsp3) is 0.296. The van der Waals surface area contributed by atoms with Gasteiger partial charge in [0.1, 0.15) is 11.4 Å². The molecule has 0 aliphatic carbocycles. The molecule has 6 nitrogen and oxygen atoms in total. The SMILES string of the molecule is CCCC1CCN(c2cccc(Oc3ccc(C(=O)c4ccccc4)cc3)c2[N+](=O)[O-])CC1. The highest BCUT2D eigenvalue weighted by atomic mass is 16.6. The Kier molecular flexibility index (Phi) is 7.03. The van der Waals surface area contributed by atoms with E-state index in [4.69, 9.17) is 4.74 Å². The zero-order chi connectivity index (χ0) is 23.2. The van der Waals surface area contributed by atoms with E-state index in [9.17, 15) is 14.9 Å². The highest BCUT2D eigenvalue weighted by Gasteiger charge is 2.28. The number of anilines is 1. The van der Waals surface area contributed by atoms with Gasteiger partial charge >= 0.3 is 5.69 Å². The Balaban J connectivity index is 1.53. The van der Waals surface area contributed by atoms with E-state index in [1.54, 1.807) is 54.6 Å². The van der Waals surface area contributed by atoms with Crippen LogP contribution in [0.3, 0.4) is 0 Å². The summed E-state index contributed by atoms with van der Waals surface area (Å²) >= 11 is 0. The lowest BCUT2D eigenvalue weighted by atomic mass is 9.92. The van der Waals surface area contributed by atoms with E-state index in [1.807, 2.05) is 18.2 Å². The number of nitro groups is 1. The van der Waals surface area contributed by atoms with Gasteiger partial charge in [0.15, 0.2) is 5.78 Å². The molecule has 1 aliphatic rings. The fourth-order valence-electron chi connectivity index (χ4n) is 4.46. The average Bonchev–Trinajstić information content (AvgIpc) is 2.85. The van der Waals surface area contributed by atoms with Crippen molar-refractivity contribution < 1.29 is 14.5 Å². The highest BCUT2D eigenvalue weighted by Crippen LogP contribution is 2.41. The summed E-state index contributed by atoms with van der Waals surface area (Å²) in [6, 6.07) is 21.0. The molecule has 0 saturated carbocycles. The van der Waals surface area contributed by atoms with Crippen LogP contribution in [0.5, 0.6) is 11.5 Å². The van der Waals surface area contributed by atoms with Gasteiger partial charge in [0.25, 0.3) is 0 Å². The van der Waals surface area contributed by atoms with Crippen molar-refractivity contribution in [1.82, 2.24) is 0 Å². The third-order valence-corrected chi connectivity index (χ3v) is 6.19. The van der Waals surface area contributed by atoms with Gasteiger partial charge in [-0.15, -0.1) is 0 Å². The van der Waals surface area contributed by atoms with Crippen LogP contribution < -0.4 is 9.64 Å². The van der Waals surface area contributed by atoms with Gasteiger partial charge in [-0.2, -0.15) is 0 Å². The molecule has 1 saturated heterocycles. The maximum absolute atomic E-state index is 12.6. The number of nitro benzene ring substituents is 1. The molecule has 0 unspecified atom stereocenters. The molecule has 1 fully saturated rings. The molecular formula is C27H28N2O4. The number of rotatable bonds is 8. The largest absolute Gasteiger partial charge is 0.450 e. The van der Waals surface area contributed by atoms with Crippen molar-refractivity contribution in [3.63, 3.8) is 0 Å². The Bertz CT molecular complexity index is 1100. The van der Waals surface area contributed by atoms with Gasteiger partial charge in [-0.05, 0) is 55.2 Å². The Morgan fingerprint density at radius 2 is 1.64 bits per heavy atom. The predicted molar refractivity (Wildman–Crippen MR) is 129 cm³/mol. The maximum Gasteiger partial charge on any atom is 0.334 e. The maximum atomic E-state index is 12.6. The summed E-state index contributed by atoms with van der Waals surface area (Å²) in [7, 11) is 0. The molecule has 170 valence electrons. The number of nitrogens with zero attached hydrogens (tertiary/aromatic N) is 2. The van der Waals surface area contributed by atoms with Gasteiger partial charge in [0.05, 0.1) is 4.92 Å². The molecule has 3 aromatic rings. The number of para-hydroxylation sites is 1. The van der Waals surface area contributed by atoms with Crippen LogP contribution in [0.2, 0.25) is 0 Å². The zero-order valence-electron chi connectivity index (χ0n) is 18.8. The molecule has 0 amide bonds. The second kappa shape index (κ2) is 10.3. The van der Waals surface area contributed by atoms with E-state index in [-0.39, 0.29) is 22.1 Å². The molecule has 3 aromatic carbocycles. The van der Waals surface area contributed by atoms with Crippen molar-refractivity contribution in [2.24, 2.45) is 5.92 Å². The van der Waals surface area contributed by atoms with Crippen molar-refractivity contribution in [2.75, 3.05) is 18.0 Å². The standard InChI is InChI=1S/C27H28N2O4/c1-2-7-20-16-18-28(19-17-20)24-10-6-11-25(26(24)29(31)32)33-23-14-12-22(13-15-23)27(30)21-8-4-3-5-9-21/h3-6,8-15,20H,2,7,16-19H2,1H3. The predicted octanol–water partition coefficient (Wildman–Crippen LogP) is 6.63. The Labute approximate surface area is 194 Å². The number of carbonyl (C=O) groups excluding carboxylic acids is 1. The lowest BCUT2D eigenvalue weighted by Gasteiger charge is -2.33. The molecule has 6 heteroatoms. The summed E-state index contributed by atoms with van der Waals surface area (Å²) in [4.78, 5) is 26.3. The first-order valence-corrected chi connectivity index (χ1v) is 11.5. The van der Waals surface area contributed by atoms with Crippen molar-refractivity contribution in [3.8, 4) is 11.5 Å². The lowest BCUT2D eigenvalue weighted by molar-refractivity contribution is -0.384. The molecule has 4 rings (SSSR count). The molecule has 33 heavy (non-hydrogen) atoms. The molecule has 0 radical (unpaired) electrons. The Morgan fingerprint density at radius 3 is 2.27 bits per heavy atom. The summed E-state index contributed by atoms with van der Waals surface area (Å²) in [6.45, 7) is 3.82. The first kappa shape index (κ1) is 22.5. The zero-order valence-corrected chi connectivity index (χ0v) is 18.8. The number of ketones is 1. The van der Waals surface area contributed by atoms with Crippen LogP contribution >= 0.6 is 0 Å². The molecule has 0 aromatic heterocycles. The minimum Gasteiger partial charge on any atom is -0.450 e. The van der Waals surface area contributed by atoms with Gasteiger partial charge < -0.3 is 9.64 Å². The van der Waals surface area contributed by atoms with E-state index in [1.165, 1.54) is 12.8 Å². The van der Waals surface area contributed by atoms with Crippen LogP contribution in [0.25, 0.3) is 0 Å². The van der Waals surface area contributed by atoms with Crippen LogP contribution in [-0.2, 0) is 0 Å². The third kappa shape index (κ3) is 5.22. The monoisotopic (exact) mass is 444 g/mol. The summed E-state index contributed by atoms with van der Waals surface area (Å²) < 4.78 is 5.92. The number of benzene rings is 3.